The van der Waals surface area contributed by atoms with Gasteiger partial charge in [0.05, 0.1) is 0 Å². The molecule has 2 aromatic rings. The van der Waals surface area contributed by atoms with Crippen molar-refractivity contribution in [2.24, 2.45) is 0 Å². The standard InChI is InChI=1S/C13H17N3OS/c1-10-4-6-11(7-5-10)12-15-16-13(18-12)14-8-3-9-17-2/h4-7H,3,8-9H2,1-2H3,(H,14,16). The molecule has 0 spiro atoms. The van der Waals surface area contributed by atoms with Gasteiger partial charge >= 0.3 is 0 Å². The average Bonchev–Trinajstić information content (AvgIpc) is 2.84. The predicted molar refractivity (Wildman–Crippen MR) is 75.1 cm³/mol. The zero-order chi connectivity index (χ0) is 12.8. The van der Waals surface area contributed by atoms with E-state index in [1.807, 2.05) is 0 Å². The molecular formula is C13H17N3OS. The number of aryl methyl sites for hydroxylation is 1. The van der Waals surface area contributed by atoms with Crippen LogP contribution >= 0.6 is 11.3 Å². The van der Waals surface area contributed by atoms with Crippen molar-refractivity contribution in [3.8, 4) is 10.6 Å². The predicted octanol–water partition coefficient (Wildman–Crippen LogP) is 2.96. The molecule has 5 heteroatoms. The molecule has 2 rings (SSSR count). The zero-order valence-corrected chi connectivity index (χ0v) is 11.5. The molecule has 0 unspecified atom stereocenters. The number of nitrogens with zero attached hydrogens (tertiary/aromatic N) is 2. The summed E-state index contributed by atoms with van der Waals surface area (Å²) in [6.07, 6.45) is 0.968. The fraction of sp³-hybridized carbons (Fsp3) is 0.385. The lowest BCUT2D eigenvalue weighted by Gasteiger charge is -2.00. The Bertz CT molecular complexity index is 481. The Morgan fingerprint density at radius 3 is 2.72 bits per heavy atom. The Hall–Kier alpha value is -1.46. The van der Waals surface area contributed by atoms with Gasteiger partial charge < -0.3 is 10.1 Å². The van der Waals surface area contributed by atoms with Crippen molar-refractivity contribution in [1.29, 1.82) is 0 Å². The Labute approximate surface area is 111 Å². The van der Waals surface area contributed by atoms with Gasteiger partial charge in [-0.1, -0.05) is 41.2 Å². The van der Waals surface area contributed by atoms with Crippen molar-refractivity contribution < 1.29 is 4.74 Å². The molecule has 0 amide bonds. The fourth-order valence-corrected chi connectivity index (χ4v) is 2.29. The van der Waals surface area contributed by atoms with Crippen LogP contribution in [0.1, 0.15) is 12.0 Å². The molecule has 0 saturated heterocycles. The van der Waals surface area contributed by atoms with Crippen LogP contribution in [0.15, 0.2) is 24.3 Å². The number of hydrogen-bond acceptors (Lipinski definition) is 5. The molecular weight excluding hydrogens is 246 g/mol. The summed E-state index contributed by atoms with van der Waals surface area (Å²) < 4.78 is 4.99. The first kappa shape index (κ1) is 13.0. The van der Waals surface area contributed by atoms with Crippen LogP contribution in [0.4, 0.5) is 5.13 Å². The van der Waals surface area contributed by atoms with Crippen LogP contribution in [0.25, 0.3) is 10.6 Å². The van der Waals surface area contributed by atoms with Gasteiger partial charge in [0.15, 0.2) is 0 Å². The summed E-state index contributed by atoms with van der Waals surface area (Å²) in [6.45, 7) is 3.69. The normalized spacial score (nSPS) is 10.6. The highest BCUT2D eigenvalue weighted by atomic mass is 32.1. The molecule has 1 heterocycles. The van der Waals surface area contributed by atoms with Crippen molar-refractivity contribution in [2.75, 3.05) is 25.6 Å². The molecule has 0 fully saturated rings. The first-order chi connectivity index (χ1) is 8.79. The number of anilines is 1. The van der Waals surface area contributed by atoms with Gasteiger partial charge in [-0.15, -0.1) is 10.2 Å². The van der Waals surface area contributed by atoms with E-state index >= 15 is 0 Å². The smallest absolute Gasteiger partial charge is 0.206 e. The Morgan fingerprint density at radius 2 is 2.00 bits per heavy atom. The SMILES string of the molecule is COCCCNc1nnc(-c2ccc(C)cc2)s1. The number of hydrogen-bond donors (Lipinski definition) is 1. The van der Waals surface area contributed by atoms with Crippen molar-refractivity contribution >= 4 is 16.5 Å². The van der Waals surface area contributed by atoms with E-state index in [9.17, 15) is 0 Å². The van der Waals surface area contributed by atoms with Gasteiger partial charge in [0.2, 0.25) is 5.13 Å². The molecule has 0 aliphatic rings. The third kappa shape index (κ3) is 3.51. The van der Waals surface area contributed by atoms with Gasteiger partial charge in [0.1, 0.15) is 5.01 Å². The third-order valence-corrected chi connectivity index (χ3v) is 3.46. The fourth-order valence-electron chi connectivity index (χ4n) is 1.52. The second kappa shape index (κ2) is 6.47. The lowest BCUT2D eigenvalue weighted by Crippen LogP contribution is -2.04. The summed E-state index contributed by atoms with van der Waals surface area (Å²) >= 11 is 1.58. The molecule has 4 nitrogen and oxygen atoms in total. The number of aromatic nitrogens is 2. The molecule has 0 aliphatic carbocycles. The van der Waals surface area contributed by atoms with E-state index in [1.165, 1.54) is 5.56 Å². The lowest BCUT2D eigenvalue weighted by atomic mass is 10.2. The van der Waals surface area contributed by atoms with E-state index in [2.05, 4.69) is 46.7 Å². The van der Waals surface area contributed by atoms with E-state index in [1.54, 1.807) is 18.4 Å². The Balaban J connectivity index is 1.95. The van der Waals surface area contributed by atoms with E-state index < -0.39 is 0 Å². The average molecular weight is 263 g/mol. The van der Waals surface area contributed by atoms with Crippen LogP contribution in [0, 0.1) is 6.92 Å². The molecule has 0 radical (unpaired) electrons. The molecule has 1 N–H and O–H groups in total. The number of ether oxygens (including phenoxy) is 1. The second-order valence-electron chi connectivity index (χ2n) is 4.05. The largest absolute Gasteiger partial charge is 0.385 e. The minimum absolute atomic E-state index is 0.761. The molecule has 1 aromatic heterocycles. The van der Waals surface area contributed by atoms with Gasteiger partial charge in [-0.05, 0) is 13.3 Å². The van der Waals surface area contributed by atoms with Crippen molar-refractivity contribution in [3.63, 3.8) is 0 Å². The summed E-state index contributed by atoms with van der Waals surface area (Å²) in [6, 6.07) is 8.32. The molecule has 0 bridgehead atoms. The maximum Gasteiger partial charge on any atom is 0.206 e. The summed E-state index contributed by atoms with van der Waals surface area (Å²) in [7, 11) is 1.71. The monoisotopic (exact) mass is 263 g/mol. The van der Waals surface area contributed by atoms with Gasteiger partial charge in [-0.2, -0.15) is 0 Å². The summed E-state index contributed by atoms with van der Waals surface area (Å²) in [5.41, 5.74) is 2.37. The third-order valence-electron chi connectivity index (χ3n) is 2.52. The quantitative estimate of drug-likeness (QED) is 0.814. The van der Waals surface area contributed by atoms with Gasteiger partial charge in [-0.3, -0.25) is 0 Å². The number of benzene rings is 1. The van der Waals surface area contributed by atoms with Crippen molar-refractivity contribution in [1.82, 2.24) is 10.2 Å². The van der Waals surface area contributed by atoms with Crippen LogP contribution in [0.2, 0.25) is 0 Å². The molecule has 0 atom stereocenters. The maximum absolute atomic E-state index is 4.99. The highest BCUT2D eigenvalue weighted by Crippen LogP contribution is 2.26. The zero-order valence-electron chi connectivity index (χ0n) is 10.6. The van der Waals surface area contributed by atoms with E-state index in [-0.39, 0.29) is 0 Å². The van der Waals surface area contributed by atoms with Gasteiger partial charge in [0.25, 0.3) is 0 Å². The summed E-state index contributed by atoms with van der Waals surface area (Å²) in [4.78, 5) is 0. The summed E-state index contributed by atoms with van der Waals surface area (Å²) in [5.74, 6) is 0. The van der Waals surface area contributed by atoms with Crippen LogP contribution in [-0.2, 0) is 4.74 Å². The minimum Gasteiger partial charge on any atom is -0.385 e. The van der Waals surface area contributed by atoms with E-state index in [4.69, 9.17) is 4.74 Å². The van der Waals surface area contributed by atoms with E-state index in [0.717, 1.165) is 35.3 Å². The van der Waals surface area contributed by atoms with Crippen LogP contribution in [0.3, 0.4) is 0 Å². The van der Waals surface area contributed by atoms with Crippen LogP contribution in [-0.4, -0.2) is 30.5 Å². The van der Waals surface area contributed by atoms with Crippen LogP contribution in [0.5, 0.6) is 0 Å². The number of nitrogens with one attached hydrogen (secondary N) is 1. The first-order valence-electron chi connectivity index (χ1n) is 5.93. The number of rotatable bonds is 6. The molecule has 0 saturated carbocycles. The van der Waals surface area contributed by atoms with Crippen LogP contribution < -0.4 is 5.32 Å². The summed E-state index contributed by atoms with van der Waals surface area (Å²) in [5, 5.41) is 13.4. The van der Waals surface area contributed by atoms with Crippen molar-refractivity contribution in [2.45, 2.75) is 13.3 Å². The maximum atomic E-state index is 4.99. The Kier molecular flexibility index (Phi) is 4.66. The molecule has 1 aromatic carbocycles. The second-order valence-corrected chi connectivity index (χ2v) is 5.03. The molecule has 18 heavy (non-hydrogen) atoms. The topological polar surface area (TPSA) is 47.0 Å². The highest BCUT2D eigenvalue weighted by molar-refractivity contribution is 7.18. The van der Waals surface area contributed by atoms with Crippen molar-refractivity contribution in [3.05, 3.63) is 29.8 Å². The molecule has 96 valence electrons. The minimum atomic E-state index is 0.761. The Morgan fingerprint density at radius 1 is 1.22 bits per heavy atom. The lowest BCUT2D eigenvalue weighted by molar-refractivity contribution is 0.198. The van der Waals surface area contributed by atoms with E-state index in [0.29, 0.717) is 0 Å². The number of methoxy groups -OCH3 is 1. The first-order valence-corrected chi connectivity index (χ1v) is 6.74. The van der Waals surface area contributed by atoms with Gasteiger partial charge in [0, 0.05) is 25.8 Å². The van der Waals surface area contributed by atoms with Gasteiger partial charge in [-0.25, -0.2) is 0 Å². The molecule has 0 aliphatic heterocycles. The highest BCUT2D eigenvalue weighted by Gasteiger charge is 2.05.